The van der Waals surface area contributed by atoms with Crippen molar-refractivity contribution >= 4 is 5.91 Å². The first-order valence-corrected chi connectivity index (χ1v) is 7.73. The Kier molecular flexibility index (Phi) is 3.79. The number of likely N-dealkylation sites (N-methyl/N-ethyl adjacent to an activating group) is 1. The summed E-state index contributed by atoms with van der Waals surface area (Å²) < 4.78 is 0. The summed E-state index contributed by atoms with van der Waals surface area (Å²) in [5.74, 6) is 0.163. The summed E-state index contributed by atoms with van der Waals surface area (Å²) in [6.07, 6.45) is 4.90. The highest BCUT2D eigenvalue weighted by Crippen LogP contribution is 2.37. The molecule has 1 aromatic rings. The van der Waals surface area contributed by atoms with Gasteiger partial charge in [0.05, 0.1) is 6.04 Å². The van der Waals surface area contributed by atoms with Crippen molar-refractivity contribution in [3.8, 4) is 0 Å². The molecule has 2 atom stereocenters. The number of benzene rings is 1. The number of fused-ring (bicyclic) bond motifs is 1. The second-order valence-electron chi connectivity index (χ2n) is 6.12. The quantitative estimate of drug-likeness (QED) is 0.826. The van der Waals surface area contributed by atoms with Gasteiger partial charge in [0, 0.05) is 20.0 Å². The molecule has 20 heavy (non-hydrogen) atoms. The molecule has 1 aromatic carbocycles. The maximum absolute atomic E-state index is 11.9. The molecule has 2 aliphatic rings. The first-order valence-electron chi connectivity index (χ1n) is 7.73. The van der Waals surface area contributed by atoms with Crippen LogP contribution in [0, 0.1) is 0 Å². The van der Waals surface area contributed by atoms with Crippen molar-refractivity contribution in [2.75, 3.05) is 20.1 Å². The van der Waals surface area contributed by atoms with Crippen LogP contribution >= 0.6 is 0 Å². The lowest BCUT2D eigenvalue weighted by atomic mass is 9.82. The maximum atomic E-state index is 11.9. The van der Waals surface area contributed by atoms with Crippen molar-refractivity contribution in [2.24, 2.45) is 0 Å². The van der Waals surface area contributed by atoms with Gasteiger partial charge in [0.2, 0.25) is 5.91 Å². The number of nitrogens with zero attached hydrogens (tertiary/aromatic N) is 2. The highest BCUT2D eigenvalue weighted by molar-refractivity contribution is 5.73. The lowest BCUT2D eigenvalue weighted by Gasteiger charge is -2.43. The van der Waals surface area contributed by atoms with Crippen molar-refractivity contribution < 1.29 is 4.79 Å². The second kappa shape index (κ2) is 5.57. The largest absolute Gasteiger partial charge is 0.337 e. The summed E-state index contributed by atoms with van der Waals surface area (Å²) in [6.45, 7) is 4.06. The molecule has 3 rings (SSSR count). The number of amides is 1. The summed E-state index contributed by atoms with van der Waals surface area (Å²) in [6, 6.07) is 9.35. The third-order valence-corrected chi connectivity index (χ3v) is 4.97. The van der Waals surface area contributed by atoms with E-state index in [0.717, 1.165) is 6.42 Å². The Bertz CT molecular complexity index is 494. The highest BCUT2D eigenvalue weighted by Gasteiger charge is 2.37. The Hall–Kier alpha value is -1.35. The van der Waals surface area contributed by atoms with Crippen LogP contribution in [0.3, 0.4) is 0 Å². The van der Waals surface area contributed by atoms with Gasteiger partial charge in [-0.2, -0.15) is 0 Å². The fourth-order valence-electron chi connectivity index (χ4n) is 3.84. The molecule has 0 saturated carbocycles. The summed E-state index contributed by atoms with van der Waals surface area (Å²) in [4.78, 5) is 16.5. The van der Waals surface area contributed by atoms with Crippen LogP contribution < -0.4 is 0 Å². The third kappa shape index (κ3) is 2.35. The highest BCUT2D eigenvalue weighted by atomic mass is 16.2. The van der Waals surface area contributed by atoms with Gasteiger partial charge >= 0.3 is 0 Å². The molecule has 0 bridgehead atoms. The van der Waals surface area contributed by atoms with Crippen LogP contribution in [0.25, 0.3) is 0 Å². The first kappa shape index (κ1) is 13.6. The van der Waals surface area contributed by atoms with Crippen molar-refractivity contribution in [2.45, 2.75) is 44.7 Å². The molecular weight excluding hydrogens is 248 g/mol. The van der Waals surface area contributed by atoms with E-state index in [4.69, 9.17) is 0 Å². The number of likely N-dealkylation sites (tertiary alicyclic amines) is 1. The van der Waals surface area contributed by atoms with E-state index in [1.807, 2.05) is 11.9 Å². The number of rotatable bonds is 2. The van der Waals surface area contributed by atoms with Crippen LogP contribution in [0.5, 0.6) is 0 Å². The minimum atomic E-state index is 0.163. The van der Waals surface area contributed by atoms with Gasteiger partial charge < -0.3 is 4.90 Å². The monoisotopic (exact) mass is 272 g/mol. The molecule has 1 amide bonds. The molecule has 3 nitrogen and oxygen atoms in total. The molecule has 1 aliphatic carbocycles. The molecule has 1 heterocycles. The van der Waals surface area contributed by atoms with E-state index in [9.17, 15) is 4.79 Å². The molecule has 1 fully saturated rings. The Balaban J connectivity index is 1.97. The third-order valence-electron chi connectivity index (χ3n) is 4.97. The normalized spacial score (nSPS) is 26.3. The van der Waals surface area contributed by atoms with E-state index in [2.05, 4.69) is 29.2 Å². The predicted molar refractivity (Wildman–Crippen MR) is 80.5 cm³/mol. The lowest BCUT2D eigenvalue weighted by Crippen LogP contribution is -2.47. The van der Waals surface area contributed by atoms with Crippen LogP contribution in [-0.2, 0) is 11.2 Å². The maximum Gasteiger partial charge on any atom is 0.219 e. The van der Waals surface area contributed by atoms with Crippen LogP contribution in [0.4, 0.5) is 0 Å². The fourth-order valence-corrected chi connectivity index (χ4v) is 3.84. The SMILES string of the molecule is CC(=O)N(C)C1c2ccccc2CCC1N1CCCC1. The zero-order valence-electron chi connectivity index (χ0n) is 12.5. The molecule has 0 spiro atoms. The van der Waals surface area contributed by atoms with Gasteiger partial charge in [0.25, 0.3) is 0 Å². The Morgan fingerprint density at radius 3 is 2.65 bits per heavy atom. The zero-order chi connectivity index (χ0) is 14.1. The molecule has 2 unspecified atom stereocenters. The summed E-state index contributed by atoms with van der Waals surface area (Å²) in [5.41, 5.74) is 2.77. The average Bonchev–Trinajstić information content (AvgIpc) is 2.99. The van der Waals surface area contributed by atoms with Crippen LogP contribution in [0.1, 0.15) is 43.4 Å². The van der Waals surface area contributed by atoms with Gasteiger partial charge in [-0.25, -0.2) is 0 Å². The molecule has 108 valence electrons. The zero-order valence-corrected chi connectivity index (χ0v) is 12.5. The van der Waals surface area contributed by atoms with Gasteiger partial charge in [-0.05, 0) is 49.9 Å². The van der Waals surface area contributed by atoms with Gasteiger partial charge in [0.1, 0.15) is 0 Å². The van der Waals surface area contributed by atoms with E-state index in [-0.39, 0.29) is 11.9 Å². The summed E-state index contributed by atoms with van der Waals surface area (Å²) in [7, 11) is 1.96. The molecule has 0 aromatic heterocycles. The number of hydrogen-bond acceptors (Lipinski definition) is 2. The smallest absolute Gasteiger partial charge is 0.219 e. The minimum Gasteiger partial charge on any atom is -0.337 e. The summed E-state index contributed by atoms with van der Waals surface area (Å²) >= 11 is 0. The molecule has 1 aliphatic heterocycles. The van der Waals surface area contributed by atoms with Crippen molar-refractivity contribution in [1.29, 1.82) is 0 Å². The molecule has 1 saturated heterocycles. The predicted octanol–water partition coefficient (Wildman–Crippen LogP) is 2.62. The fraction of sp³-hybridized carbons (Fsp3) is 0.588. The topological polar surface area (TPSA) is 23.6 Å². The van der Waals surface area contributed by atoms with E-state index in [1.54, 1.807) is 6.92 Å². The van der Waals surface area contributed by atoms with E-state index >= 15 is 0 Å². The number of hydrogen-bond donors (Lipinski definition) is 0. The molecule has 3 heteroatoms. The van der Waals surface area contributed by atoms with E-state index in [0.29, 0.717) is 6.04 Å². The second-order valence-corrected chi connectivity index (χ2v) is 6.12. The Labute approximate surface area is 121 Å². The number of aryl methyl sites for hydroxylation is 1. The number of carbonyl (C=O) groups is 1. The van der Waals surface area contributed by atoms with Gasteiger partial charge in [-0.15, -0.1) is 0 Å². The Morgan fingerprint density at radius 2 is 1.95 bits per heavy atom. The van der Waals surface area contributed by atoms with Gasteiger partial charge in [-0.1, -0.05) is 24.3 Å². The average molecular weight is 272 g/mol. The van der Waals surface area contributed by atoms with Gasteiger partial charge in [0.15, 0.2) is 0 Å². The summed E-state index contributed by atoms with van der Waals surface area (Å²) in [5, 5.41) is 0. The number of carbonyl (C=O) groups excluding carboxylic acids is 1. The van der Waals surface area contributed by atoms with E-state index in [1.165, 1.54) is 43.5 Å². The lowest BCUT2D eigenvalue weighted by molar-refractivity contribution is -0.131. The van der Waals surface area contributed by atoms with Crippen molar-refractivity contribution in [3.05, 3.63) is 35.4 Å². The van der Waals surface area contributed by atoms with Crippen LogP contribution in [0.15, 0.2) is 24.3 Å². The van der Waals surface area contributed by atoms with Gasteiger partial charge in [-0.3, -0.25) is 9.69 Å². The Morgan fingerprint density at radius 1 is 1.25 bits per heavy atom. The van der Waals surface area contributed by atoms with Crippen LogP contribution in [0.2, 0.25) is 0 Å². The molecule has 0 N–H and O–H groups in total. The minimum absolute atomic E-state index is 0.163. The van der Waals surface area contributed by atoms with Crippen LogP contribution in [-0.4, -0.2) is 41.9 Å². The van der Waals surface area contributed by atoms with Crippen molar-refractivity contribution in [3.63, 3.8) is 0 Å². The first-order chi connectivity index (χ1) is 9.68. The molecule has 0 radical (unpaired) electrons. The van der Waals surface area contributed by atoms with Crippen molar-refractivity contribution in [1.82, 2.24) is 9.80 Å². The molecular formula is C17H24N2O. The van der Waals surface area contributed by atoms with E-state index < -0.39 is 0 Å². The standard InChI is InChI=1S/C17H24N2O/c1-13(20)18(2)17-15-8-4-3-7-14(15)9-10-16(17)19-11-5-6-12-19/h3-4,7-8,16-17H,5-6,9-12H2,1-2H3.